The molecule has 0 saturated carbocycles. The van der Waals surface area contributed by atoms with Crippen molar-refractivity contribution in [1.29, 1.82) is 0 Å². The van der Waals surface area contributed by atoms with Gasteiger partial charge in [0.05, 0.1) is 13.0 Å². The summed E-state index contributed by atoms with van der Waals surface area (Å²) in [5.74, 6) is 2.73. The first-order valence-corrected chi connectivity index (χ1v) is 11.2. The molecule has 4 rings (SSSR count). The highest BCUT2D eigenvalue weighted by Crippen LogP contribution is 2.44. The fraction of sp³-hybridized carbons (Fsp3) is 0.179. The van der Waals surface area contributed by atoms with Crippen molar-refractivity contribution in [1.82, 2.24) is 10.6 Å². The molecule has 0 radical (unpaired) electrons. The number of carboxylic acid groups (broad SMARTS) is 1. The van der Waals surface area contributed by atoms with Gasteiger partial charge in [0.1, 0.15) is 6.61 Å². The Kier molecular flexibility index (Phi) is 7.44. The topological polar surface area (TPSA) is 105 Å². The van der Waals surface area contributed by atoms with Gasteiger partial charge in [-0.15, -0.1) is 0 Å². The normalized spacial score (nSPS) is 11.4. The summed E-state index contributed by atoms with van der Waals surface area (Å²) in [4.78, 5) is 35.1. The van der Waals surface area contributed by atoms with Crippen LogP contribution in [-0.4, -0.2) is 36.2 Å². The SMILES string of the molecule is O=C(O)C#CCNC(=O)Cc1ccccc1CNC(=O)OCC1c2ccccc2-c2ccccc21. The van der Waals surface area contributed by atoms with Crippen LogP contribution in [0.4, 0.5) is 4.79 Å². The molecular formula is C28H24N2O5. The van der Waals surface area contributed by atoms with Crippen molar-refractivity contribution >= 4 is 18.0 Å². The molecule has 0 spiro atoms. The van der Waals surface area contributed by atoms with Crippen LogP contribution in [0, 0.1) is 11.8 Å². The Morgan fingerprint density at radius 1 is 0.829 bits per heavy atom. The van der Waals surface area contributed by atoms with Gasteiger partial charge in [-0.2, -0.15) is 0 Å². The molecule has 2 amide bonds. The second-order valence-electron chi connectivity index (χ2n) is 8.01. The first-order chi connectivity index (χ1) is 17.0. The Hall–Kier alpha value is -4.57. The molecule has 3 N–H and O–H groups in total. The average Bonchev–Trinajstić information content (AvgIpc) is 3.18. The lowest BCUT2D eigenvalue weighted by Crippen LogP contribution is -2.28. The standard InChI is InChI=1S/C28H24N2O5/c31-26(29-15-7-14-27(32)33)16-19-8-1-2-9-20(19)17-30-28(34)35-18-25-23-12-5-3-10-21(23)22-11-4-6-13-24(22)25/h1-6,8-13,25H,15-18H2,(H,29,31)(H,30,34)(H,32,33). The fourth-order valence-corrected chi connectivity index (χ4v) is 4.22. The number of carbonyl (C=O) groups excluding carboxylic acids is 2. The number of amides is 2. The van der Waals surface area contributed by atoms with Crippen molar-refractivity contribution in [3.63, 3.8) is 0 Å². The number of carbonyl (C=O) groups is 3. The van der Waals surface area contributed by atoms with E-state index in [-0.39, 0.29) is 37.9 Å². The Balaban J connectivity index is 1.32. The van der Waals surface area contributed by atoms with Crippen molar-refractivity contribution < 1.29 is 24.2 Å². The first kappa shape index (κ1) is 23.6. The van der Waals surface area contributed by atoms with Crippen LogP contribution in [0.15, 0.2) is 72.8 Å². The summed E-state index contributed by atoms with van der Waals surface area (Å²) in [5.41, 5.74) is 6.15. The number of rotatable bonds is 7. The minimum Gasteiger partial charge on any atom is -0.472 e. The van der Waals surface area contributed by atoms with Gasteiger partial charge in [-0.1, -0.05) is 78.7 Å². The number of nitrogens with one attached hydrogen (secondary N) is 2. The number of fused-ring (bicyclic) bond motifs is 3. The van der Waals surface area contributed by atoms with Crippen LogP contribution in [0.3, 0.4) is 0 Å². The van der Waals surface area contributed by atoms with Crippen LogP contribution in [0.5, 0.6) is 0 Å². The van der Waals surface area contributed by atoms with Gasteiger partial charge in [-0.25, -0.2) is 9.59 Å². The highest BCUT2D eigenvalue weighted by molar-refractivity contribution is 5.86. The Labute approximate surface area is 203 Å². The van der Waals surface area contributed by atoms with Gasteiger partial charge < -0.3 is 20.5 Å². The molecule has 176 valence electrons. The molecule has 0 aromatic heterocycles. The van der Waals surface area contributed by atoms with E-state index in [1.165, 1.54) is 11.1 Å². The zero-order chi connectivity index (χ0) is 24.6. The maximum Gasteiger partial charge on any atom is 0.407 e. The quantitative estimate of drug-likeness (QED) is 0.461. The van der Waals surface area contributed by atoms with E-state index in [4.69, 9.17) is 9.84 Å². The summed E-state index contributed by atoms with van der Waals surface area (Å²) in [6, 6.07) is 23.6. The number of carboxylic acids is 1. The lowest BCUT2D eigenvalue weighted by Gasteiger charge is -2.15. The predicted molar refractivity (Wildman–Crippen MR) is 130 cm³/mol. The molecule has 0 saturated heterocycles. The van der Waals surface area contributed by atoms with Crippen LogP contribution in [0.25, 0.3) is 11.1 Å². The summed E-state index contributed by atoms with van der Waals surface area (Å²) in [7, 11) is 0. The second kappa shape index (κ2) is 11.0. The largest absolute Gasteiger partial charge is 0.472 e. The van der Waals surface area contributed by atoms with E-state index in [9.17, 15) is 14.4 Å². The molecule has 3 aromatic carbocycles. The van der Waals surface area contributed by atoms with E-state index in [0.29, 0.717) is 0 Å². The molecule has 7 nitrogen and oxygen atoms in total. The third-order valence-corrected chi connectivity index (χ3v) is 5.81. The highest BCUT2D eigenvalue weighted by Gasteiger charge is 2.28. The Morgan fingerprint density at radius 2 is 1.43 bits per heavy atom. The maximum atomic E-state index is 12.5. The third-order valence-electron chi connectivity index (χ3n) is 5.81. The van der Waals surface area contributed by atoms with Crippen molar-refractivity contribution in [2.75, 3.05) is 13.2 Å². The molecule has 0 aliphatic heterocycles. The minimum atomic E-state index is -1.25. The maximum absolute atomic E-state index is 12.5. The van der Waals surface area contributed by atoms with Crippen molar-refractivity contribution in [2.45, 2.75) is 18.9 Å². The number of alkyl carbamates (subject to hydrolysis) is 1. The van der Waals surface area contributed by atoms with Crippen molar-refractivity contribution in [3.05, 3.63) is 95.1 Å². The number of benzene rings is 3. The first-order valence-electron chi connectivity index (χ1n) is 11.2. The Morgan fingerprint density at radius 3 is 2.09 bits per heavy atom. The van der Waals surface area contributed by atoms with E-state index >= 15 is 0 Å². The van der Waals surface area contributed by atoms with Crippen LogP contribution in [-0.2, 0) is 27.3 Å². The molecule has 0 unspecified atom stereocenters. The molecule has 3 aromatic rings. The molecule has 35 heavy (non-hydrogen) atoms. The molecule has 0 fully saturated rings. The smallest absolute Gasteiger partial charge is 0.407 e. The van der Waals surface area contributed by atoms with Crippen molar-refractivity contribution in [2.24, 2.45) is 0 Å². The van der Waals surface area contributed by atoms with E-state index < -0.39 is 12.1 Å². The number of aliphatic carboxylic acids is 1. The lowest BCUT2D eigenvalue weighted by molar-refractivity contribution is -0.130. The molecule has 7 heteroatoms. The number of hydrogen-bond acceptors (Lipinski definition) is 4. The van der Waals surface area contributed by atoms with Crippen LogP contribution < -0.4 is 10.6 Å². The summed E-state index contributed by atoms with van der Waals surface area (Å²) in [5, 5.41) is 13.8. The van der Waals surface area contributed by atoms with Gasteiger partial charge in [0, 0.05) is 18.4 Å². The Bertz CT molecular complexity index is 1280. The summed E-state index contributed by atoms with van der Waals surface area (Å²) >= 11 is 0. The molecule has 0 heterocycles. The second-order valence-corrected chi connectivity index (χ2v) is 8.01. The highest BCUT2D eigenvalue weighted by atomic mass is 16.5. The van der Waals surface area contributed by atoms with E-state index in [0.717, 1.165) is 22.3 Å². The van der Waals surface area contributed by atoms with Gasteiger partial charge in [0.25, 0.3) is 0 Å². The summed E-state index contributed by atoms with van der Waals surface area (Å²) in [6.07, 6.45) is -0.452. The van der Waals surface area contributed by atoms with Crippen molar-refractivity contribution in [3.8, 4) is 23.0 Å². The number of ether oxygens (including phenoxy) is 1. The molecule has 0 bridgehead atoms. The molecular weight excluding hydrogens is 444 g/mol. The van der Waals surface area contributed by atoms with E-state index in [2.05, 4.69) is 40.8 Å². The molecule has 0 atom stereocenters. The van der Waals surface area contributed by atoms with Gasteiger partial charge in [0.2, 0.25) is 5.91 Å². The van der Waals surface area contributed by atoms with Crippen LogP contribution >= 0.6 is 0 Å². The molecule has 1 aliphatic carbocycles. The van der Waals surface area contributed by atoms with Gasteiger partial charge in [-0.3, -0.25) is 4.79 Å². The van der Waals surface area contributed by atoms with Gasteiger partial charge in [0.15, 0.2) is 0 Å². The van der Waals surface area contributed by atoms with Gasteiger partial charge in [-0.05, 0) is 33.4 Å². The summed E-state index contributed by atoms with van der Waals surface area (Å²) in [6.45, 7) is 0.380. The lowest BCUT2D eigenvalue weighted by atomic mass is 9.98. The third kappa shape index (κ3) is 5.87. The van der Waals surface area contributed by atoms with E-state index in [1.54, 1.807) is 6.07 Å². The zero-order valence-corrected chi connectivity index (χ0v) is 18.9. The molecule has 1 aliphatic rings. The average molecular weight is 469 g/mol. The van der Waals surface area contributed by atoms with Crippen LogP contribution in [0.1, 0.15) is 28.2 Å². The monoisotopic (exact) mass is 468 g/mol. The fourth-order valence-electron chi connectivity index (χ4n) is 4.22. The van der Waals surface area contributed by atoms with Gasteiger partial charge >= 0.3 is 12.1 Å². The van der Waals surface area contributed by atoms with Crippen LogP contribution in [0.2, 0.25) is 0 Å². The number of hydrogen-bond donors (Lipinski definition) is 3. The zero-order valence-electron chi connectivity index (χ0n) is 18.9. The van der Waals surface area contributed by atoms with E-state index in [1.807, 2.05) is 48.4 Å². The predicted octanol–water partition coefficient (Wildman–Crippen LogP) is 3.47. The minimum absolute atomic E-state index is 0.0200. The summed E-state index contributed by atoms with van der Waals surface area (Å²) < 4.78 is 5.57.